The topological polar surface area (TPSA) is 89.5 Å². The minimum absolute atomic E-state index is 0.140. The monoisotopic (exact) mass is 427 g/mol. The summed E-state index contributed by atoms with van der Waals surface area (Å²) >= 11 is 0. The minimum Gasteiger partial charge on any atom is -0.452 e. The van der Waals surface area contributed by atoms with Gasteiger partial charge in [-0.15, -0.1) is 0 Å². The van der Waals surface area contributed by atoms with Crippen LogP contribution < -0.4 is 5.32 Å². The van der Waals surface area contributed by atoms with E-state index >= 15 is 0 Å². The average molecular weight is 427 g/mol. The normalized spacial score (nSPS) is 12.1. The Hall–Kier alpha value is -4.06. The number of nitrogens with one attached hydrogen (secondary N) is 1. The van der Waals surface area contributed by atoms with Crippen molar-refractivity contribution in [1.29, 1.82) is 0 Å². The number of fused-ring (bicyclic) bond motifs is 2. The Morgan fingerprint density at radius 3 is 2.06 bits per heavy atom. The molecule has 0 bridgehead atoms. The van der Waals surface area contributed by atoms with E-state index in [1.807, 2.05) is 32.9 Å². The first-order valence-electron chi connectivity index (χ1n) is 10.1. The van der Waals surface area contributed by atoms with E-state index in [-0.39, 0.29) is 28.4 Å². The Kier molecular flexibility index (Phi) is 5.45. The van der Waals surface area contributed by atoms with Gasteiger partial charge in [-0.05, 0) is 38.0 Å². The maximum atomic E-state index is 13.0. The molecule has 1 amide bonds. The number of anilines is 1. The van der Waals surface area contributed by atoms with E-state index in [0.717, 1.165) is 16.7 Å². The molecule has 0 atom stereocenters. The number of ether oxygens (including phenoxy) is 1. The lowest BCUT2D eigenvalue weighted by molar-refractivity contribution is -0.119. The van der Waals surface area contributed by atoms with Crippen molar-refractivity contribution in [3.05, 3.63) is 99.1 Å². The standard InChI is InChI=1S/C26H21NO5/c1-14-11-15(2)22(16(3)12-14)26(31)32-13-21(28)27-20-10-6-9-19-23(20)25(30)18-8-5-4-7-17(18)24(19)29/h4-12H,13H2,1-3H3,(H,27,28). The van der Waals surface area contributed by atoms with Crippen molar-refractivity contribution in [2.75, 3.05) is 11.9 Å². The first kappa shape index (κ1) is 21.2. The van der Waals surface area contributed by atoms with Gasteiger partial charge in [0.15, 0.2) is 18.2 Å². The lowest BCUT2D eigenvalue weighted by Gasteiger charge is -2.20. The summed E-state index contributed by atoms with van der Waals surface area (Å²) in [6.45, 7) is 5.04. The van der Waals surface area contributed by atoms with Crippen LogP contribution in [-0.4, -0.2) is 30.0 Å². The second kappa shape index (κ2) is 8.23. The number of ketones is 2. The second-order valence-electron chi connectivity index (χ2n) is 7.83. The van der Waals surface area contributed by atoms with Crippen LogP contribution in [0.1, 0.15) is 58.9 Å². The third-order valence-electron chi connectivity index (χ3n) is 5.44. The lowest BCUT2D eigenvalue weighted by atomic mass is 9.83. The minimum atomic E-state index is -0.603. The molecule has 6 heteroatoms. The van der Waals surface area contributed by atoms with Crippen molar-refractivity contribution in [3.8, 4) is 0 Å². The maximum absolute atomic E-state index is 13.0. The van der Waals surface area contributed by atoms with Crippen molar-refractivity contribution in [2.45, 2.75) is 20.8 Å². The van der Waals surface area contributed by atoms with Gasteiger partial charge in [0.2, 0.25) is 0 Å². The van der Waals surface area contributed by atoms with E-state index in [9.17, 15) is 19.2 Å². The summed E-state index contributed by atoms with van der Waals surface area (Å²) in [6.07, 6.45) is 0. The molecular weight excluding hydrogens is 406 g/mol. The number of benzene rings is 3. The zero-order valence-electron chi connectivity index (χ0n) is 17.9. The molecule has 1 N–H and O–H groups in total. The third-order valence-corrected chi connectivity index (χ3v) is 5.44. The Balaban J connectivity index is 1.53. The van der Waals surface area contributed by atoms with Crippen LogP contribution in [0.25, 0.3) is 0 Å². The Morgan fingerprint density at radius 1 is 0.812 bits per heavy atom. The van der Waals surface area contributed by atoms with Crippen LogP contribution in [0.3, 0.4) is 0 Å². The highest BCUT2D eigenvalue weighted by Gasteiger charge is 2.31. The number of amides is 1. The number of esters is 1. The lowest BCUT2D eigenvalue weighted by Crippen LogP contribution is -2.26. The van der Waals surface area contributed by atoms with Gasteiger partial charge in [0.25, 0.3) is 5.91 Å². The molecule has 4 rings (SSSR count). The van der Waals surface area contributed by atoms with Gasteiger partial charge >= 0.3 is 5.97 Å². The van der Waals surface area contributed by atoms with Crippen molar-refractivity contribution >= 4 is 29.1 Å². The number of aryl methyl sites for hydroxylation is 3. The number of carbonyl (C=O) groups excluding carboxylic acids is 4. The maximum Gasteiger partial charge on any atom is 0.339 e. The third kappa shape index (κ3) is 3.71. The molecule has 3 aromatic rings. The summed E-state index contributed by atoms with van der Waals surface area (Å²) in [5.74, 6) is -1.81. The fraction of sp³-hybridized carbons (Fsp3) is 0.154. The molecule has 0 aromatic heterocycles. The predicted octanol–water partition coefficient (Wildman–Crippen LogP) is 4.18. The van der Waals surface area contributed by atoms with Gasteiger partial charge in [-0.25, -0.2) is 4.79 Å². The second-order valence-corrected chi connectivity index (χ2v) is 7.83. The van der Waals surface area contributed by atoms with Crippen molar-refractivity contribution in [2.24, 2.45) is 0 Å². The zero-order chi connectivity index (χ0) is 23.0. The quantitative estimate of drug-likeness (QED) is 0.494. The molecule has 0 saturated carbocycles. The molecule has 0 unspecified atom stereocenters. The number of hydrogen-bond acceptors (Lipinski definition) is 5. The molecule has 0 saturated heterocycles. The summed E-state index contributed by atoms with van der Waals surface area (Å²) in [5.41, 5.74) is 4.21. The van der Waals surface area contributed by atoms with Crippen LogP contribution in [0.4, 0.5) is 5.69 Å². The van der Waals surface area contributed by atoms with Crippen molar-refractivity contribution in [1.82, 2.24) is 0 Å². The van der Waals surface area contributed by atoms with Crippen LogP contribution in [-0.2, 0) is 9.53 Å². The fourth-order valence-electron chi connectivity index (χ4n) is 4.14. The van der Waals surface area contributed by atoms with E-state index in [2.05, 4.69) is 5.32 Å². The van der Waals surface area contributed by atoms with Crippen LogP contribution in [0.15, 0.2) is 54.6 Å². The molecule has 0 spiro atoms. The van der Waals surface area contributed by atoms with Crippen LogP contribution in [0.5, 0.6) is 0 Å². The van der Waals surface area contributed by atoms with E-state index in [4.69, 9.17) is 4.74 Å². The fourth-order valence-corrected chi connectivity index (χ4v) is 4.14. The van der Waals surface area contributed by atoms with Crippen LogP contribution >= 0.6 is 0 Å². The van der Waals surface area contributed by atoms with Gasteiger partial charge in [-0.2, -0.15) is 0 Å². The highest BCUT2D eigenvalue weighted by molar-refractivity contribution is 6.30. The van der Waals surface area contributed by atoms with E-state index < -0.39 is 18.5 Å². The van der Waals surface area contributed by atoms with Gasteiger partial charge in [0, 0.05) is 16.7 Å². The van der Waals surface area contributed by atoms with Crippen molar-refractivity contribution < 1.29 is 23.9 Å². The van der Waals surface area contributed by atoms with Gasteiger partial charge in [0.05, 0.1) is 16.8 Å². The summed E-state index contributed by atoms with van der Waals surface area (Å²) in [5, 5.41) is 2.61. The molecule has 0 fully saturated rings. The average Bonchev–Trinajstić information content (AvgIpc) is 2.75. The number of hydrogen-bond donors (Lipinski definition) is 1. The molecule has 1 aliphatic rings. The van der Waals surface area contributed by atoms with Crippen LogP contribution in [0, 0.1) is 20.8 Å². The molecular formula is C26H21NO5. The molecule has 3 aromatic carbocycles. The SMILES string of the molecule is Cc1cc(C)c(C(=O)OCC(=O)Nc2cccc3c2C(=O)c2ccccc2C3=O)c(C)c1. The predicted molar refractivity (Wildman–Crippen MR) is 119 cm³/mol. The molecule has 160 valence electrons. The molecule has 6 nitrogen and oxygen atoms in total. The molecule has 0 aliphatic heterocycles. The van der Waals surface area contributed by atoms with Gasteiger partial charge in [-0.1, -0.05) is 54.1 Å². The van der Waals surface area contributed by atoms with Gasteiger partial charge in [0.1, 0.15) is 0 Å². The summed E-state index contributed by atoms with van der Waals surface area (Å²) in [7, 11) is 0. The molecule has 1 aliphatic carbocycles. The first-order valence-corrected chi connectivity index (χ1v) is 10.1. The molecule has 32 heavy (non-hydrogen) atoms. The highest BCUT2D eigenvalue weighted by Crippen LogP contribution is 2.31. The van der Waals surface area contributed by atoms with Crippen LogP contribution in [0.2, 0.25) is 0 Å². The van der Waals surface area contributed by atoms with Crippen molar-refractivity contribution in [3.63, 3.8) is 0 Å². The summed E-state index contributed by atoms with van der Waals surface area (Å²) in [4.78, 5) is 50.9. The molecule has 0 heterocycles. The Morgan fingerprint density at radius 2 is 1.41 bits per heavy atom. The van der Waals surface area contributed by atoms with Gasteiger partial charge in [-0.3, -0.25) is 14.4 Å². The number of rotatable bonds is 4. The number of carbonyl (C=O) groups is 4. The Labute approximate surface area is 185 Å². The molecule has 0 radical (unpaired) electrons. The summed E-state index contributed by atoms with van der Waals surface area (Å²) in [6, 6.07) is 15.0. The zero-order valence-corrected chi connectivity index (χ0v) is 17.9. The van der Waals surface area contributed by atoms with E-state index in [0.29, 0.717) is 16.7 Å². The highest BCUT2D eigenvalue weighted by atomic mass is 16.5. The van der Waals surface area contributed by atoms with Gasteiger partial charge < -0.3 is 10.1 Å². The first-order chi connectivity index (χ1) is 15.3. The summed E-state index contributed by atoms with van der Waals surface area (Å²) < 4.78 is 5.21. The smallest absolute Gasteiger partial charge is 0.339 e. The van der Waals surface area contributed by atoms with E-state index in [1.165, 1.54) is 0 Å². The Bertz CT molecular complexity index is 1280. The largest absolute Gasteiger partial charge is 0.452 e. The van der Waals surface area contributed by atoms with E-state index in [1.54, 1.807) is 42.5 Å².